The van der Waals surface area contributed by atoms with Gasteiger partial charge in [0.2, 0.25) is 0 Å². The van der Waals surface area contributed by atoms with Gasteiger partial charge in [-0.3, -0.25) is 9.69 Å². The van der Waals surface area contributed by atoms with Gasteiger partial charge in [0, 0.05) is 37.3 Å². The zero-order chi connectivity index (χ0) is 23.6. The summed E-state index contributed by atoms with van der Waals surface area (Å²) in [6.45, 7) is 6.33. The molecule has 0 unspecified atom stereocenters. The van der Waals surface area contributed by atoms with Crippen LogP contribution in [0, 0.1) is 5.92 Å². The molecule has 1 amide bonds. The summed E-state index contributed by atoms with van der Waals surface area (Å²) in [5.74, 6) is 0.262. The van der Waals surface area contributed by atoms with E-state index in [1.807, 2.05) is 11.0 Å². The van der Waals surface area contributed by atoms with E-state index in [2.05, 4.69) is 36.1 Å². The summed E-state index contributed by atoms with van der Waals surface area (Å²) >= 11 is 0. The molecule has 4 rings (SSSR count). The van der Waals surface area contributed by atoms with E-state index in [-0.39, 0.29) is 23.6 Å². The minimum atomic E-state index is -4.41. The molecule has 2 aliphatic rings. The molecule has 2 aromatic carbocycles. The van der Waals surface area contributed by atoms with Crippen LogP contribution in [0.4, 0.5) is 13.2 Å². The van der Waals surface area contributed by atoms with E-state index in [0.717, 1.165) is 45.0 Å². The van der Waals surface area contributed by atoms with Gasteiger partial charge in [-0.25, -0.2) is 0 Å². The molecule has 0 bridgehead atoms. The summed E-state index contributed by atoms with van der Waals surface area (Å²) in [5.41, 5.74) is 1.15. The van der Waals surface area contributed by atoms with E-state index < -0.39 is 11.7 Å². The lowest BCUT2D eigenvalue weighted by atomic mass is 9.91. The standard InChI is InChI=1S/C27H31F3N2O/c1-3-24(27(28,29)30)21-9-11-22(12-10-21)26(33)32(23-13-14-23)25-15-16-31(17-19(25)2)18-20-7-5-4-6-8-20/h3-12,19,23,25H,13-18H2,1-2H3/b24-3-/t19-,25-/m1/s1. The van der Waals surface area contributed by atoms with E-state index in [1.54, 1.807) is 0 Å². The molecule has 2 aromatic rings. The summed E-state index contributed by atoms with van der Waals surface area (Å²) in [4.78, 5) is 17.9. The second-order valence-corrected chi connectivity index (χ2v) is 9.28. The van der Waals surface area contributed by atoms with E-state index in [4.69, 9.17) is 0 Å². The minimum Gasteiger partial charge on any atom is -0.332 e. The Balaban J connectivity index is 1.46. The summed E-state index contributed by atoms with van der Waals surface area (Å²) < 4.78 is 39.6. The van der Waals surface area contributed by atoms with Crippen LogP contribution in [0.5, 0.6) is 0 Å². The van der Waals surface area contributed by atoms with Gasteiger partial charge in [-0.15, -0.1) is 0 Å². The number of rotatable bonds is 6. The van der Waals surface area contributed by atoms with E-state index >= 15 is 0 Å². The van der Waals surface area contributed by atoms with Crippen molar-refractivity contribution in [2.45, 2.75) is 57.9 Å². The van der Waals surface area contributed by atoms with Crippen LogP contribution in [-0.4, -0.2) is 47.1 Å². The molecule has 0 spiro atoms. The Hall–Kier alpha value is -2.60. The van der Waals surface area contributed by atoms with Crippen LogP contribution in [0.25, 0.3) is 5.57 Å². The van der Waals surface area contributed by atoms with Crippen molar-refractivity contribution in [1.29, 1.82) is 0 Å². The molecule has 1 saturated heterocycles. The number of carbonyl (C=O) groups excluding carboxylic acids is 1. The molecule has 1 aliphatic heterocycles. The Morgan fingerprint density at radius 2 is 1.67 bits per heavy atom. The van der Waals surface area contributed by atoms with Gasteiger partial charge in [0.1, 0.15) is 0 Å². The first-order valence-electron chi connectivity index (χ1n) is 11.7. The minimum absolute atomic E-state index is 0.0635. The smallest absolute Gasteiger partial charge is 0.332 e. The third-order valence-corrected chi connectivity index (χ3v) is 6.76. The largest absolute Gasteiger partial charge is 0.416 e. The van der Waals surface area contributed by atoms with Crippen LogP contribution in [-0.2, 0) is 6.54 Å². The Morgan fingerprint density at radius 3 is 2.21 bits per heavy atom. The van der Waals surface area contributed by atoms with Gasteiger partial charge in [0.15, 0.2) is 0 Å². The van der Waals surface area contributed by atoms with Crippen LogP contribution >= 0.6 is 0 Å². The maximum Gasteiger partial charge on any atom is 0.416 e. The quantitative estimate of drug-likeness (QED) is 0.519. The first kappa shape index (κ1) is 23.6. The lowest BCUT2D eigenvalue weighted by Gasteiger charge is -2.43. The van der Waals surface area contributed by atoms with Crippen molar-refractivity contribution in [1.82, 2.24) is 9.80 Å². The average molecular weight is 457 g/mol. The van der Waals surface area contributed by atoms with Crippen molar-refractivity contribution in [3.05, 3.63) is 77.4 Å². The maximum atomic E-state index is 13.5. The Labute approximate surface area is 193 Å². The fourth-order valence-electron chi connectivity index (χ4n) is 4.99. The molecule has 0 N–H and O–H groups in total. The lowest BCUT2D eigenvalue weighted by molar-refractivity contribution is -0.0689. The first-order valence-corrected chi connectivity index (χ1v) is 11.7. The Bertz CT molecular complexity index is 981. The number of hydrogen-bond donors (Lipinski definition) is 0. The van der Waals surface area contributed by atoms with Crippen molar-refractivity contribution in [2.24, 2.45) is 5.92 Å². The molecule has 2 atom stereocenters. The second-order valence-electron chi connectivity index (χ2n) is 9.28. The van der Waals surface area contributed by atoms with Crippen LogP contribution in [0.3, 0.4) is 0 Å². The monoisotopic (exact) mass is 456 g/mol. The first-order chi connectivity index (χ1) is 15.8. The van der Waals surface area contributed by atoms with E-state index in [1.165, 1.54) is 36.8 Å². The fourth-order valence-corrected chi connectivity index (χ4v) is 4.99. The summed E-state index contributed by atoms with van der Waals surface area (Å²) in [6.07, 6.45) is -0.442. The van der Waals surface area contributed by atoms with Crippen molar-refractivity contribution in [3.63, 3.8) is 0 Å². The third kappa shape index (κ3) is 5.49. The van der Waals surface area contributed by atoms with Gasteiger partial charge in [-0.1, -0.05) is 55.5 Å². The van der Waals surface area contributed by atoms with Crippen LogP contribution < -0.4 is 0 Å². The molecule has 1 saturated carbocycles. The van der Waals surface area contributed by atoms with Crippen LogP contribution in [0.15, 0.2) is 60.7 Å². The SMILES string of the molecule is C/C=C(/c1ccc(C(=O)N(C2CC2)[C@@H]2CCN(Cc3ccccc3)C[C@H]2C)cc1)C(F)(F)F. The average Bonchev–Trinajstić information content (AvgIpc) is 3.61. The van der Waals surface area contributed by atoms with Gasteiger partial charge in [0.25, 0.3) is 5.91 Å². The lowest BCUT2D eigenvalue weighted by Crippen LogP contribution is -2.52. The second kappa shape index (κ2) is 9.72. The van der Waals surface area contributed by atoms with Gasteiger partial charge in [-0.05, 0) is 55.4 Å². The fraction of sp³-hybridized carbons (Fsp3) is 0.444. The zero-order valence-electron chi connectivity index (χ0n) is 19.2. The highest BCUT2D eigenvalue weighted by molar-refractivity contribution is 5.95. The number of hydrogen-bond acceptors (Lipinski definition) is 2. The summed E-state index contributed by atoms with van der Waals surface area (Å²) in [6, 6.07) is 16.7. The maximum absolute atomic E-state index is 13.5. The molecule has 176 valence electrons. The van der Waals surface area contributed by atoms with Crippen molar-refractivity contribution in [3.8, 4) is 0 Å². The number of likely N-dealkylation sites (tertiary alicyclic amines) is 1. The highest BCUT2D eigenvalue weighted by atomic mass is 19.4. The molecule has 2 fully saturated rings. The summed E-state index contributed by atoms with van der Waals surface area (Å²) in [5, 5.41) is 0. The van der Waals surface area contributed by atoms with E-state index in [9.17, 15) is 18.0 Å². The van der Waals surface area contributed by atoms with Crippen LogP contribution in [0.1, 0.15) is 54.6 Å². The van der Waals surface area contributed by atoms with Gasteiger partial charge in [0.05, 0.1) is 5.57 Å². The number of carbonyl (C=O) groups is 1. The Kier molecular flexibility index (Phi) is 6.94. The predicted octanol–water partition coefficient (Wildman–Crippen LogP) is 6.17. The van der Waals surface area contributed by atoms with Gasteiger partial charge >= 0.3 is 6.18 Å². The Morgan fingerprint density at radius 1 is 1.03 bits per heavy atom. The number of benzene rings is 2. The highest BCUT2D eigenvalue weighted by Crippen LogP contribution is 2.37. The molecule has 33 heavy (non-hydrogen) atoms. The van der Waals surface area contributed by atoms with Crippen LogP contribution in [0.2, 0.25) is 0 Å². The number of allylic oxidation sites excluding steroid dienone is 2. The van der Waals surface area contributed by atoms with E-state index in [0.29, 0.717) is 11.5 Å². The van der Waals surface area contributed by atoms with Crippen molar-refractivity contribution in [2.75, 3.05) is 13.1 Å². The molecule has 6 heteroatoms. The topological polar surface area (TPSA) is 23.6 Å². The molecular formula is C27H31F3N2O. The van der Waals surface area contributed by atoms with Crippen molar-refractivity contribution >= 4 is 11.5 Å². The molecule has 1 heterocycles. The predicted molar refractivity (Wildman–Crippen MR) is 125 cm³/mol. The number of piperidine rings is 1. The number of alkyl halides is 3. The number of halogens is 3. The van der Waals surface area contributed by atoms with Gasteiger partial charge in [-0.2, -0.15) is 13.2 Å². The molecule has 1 aliphatic carbocycles. The normalized spacial score (nSPS) is 22.3. The molecule has 0 aromatic heterocycles. The molecule has 0 radical (unpaired) electrons. The third-order valence-electron chi connectivity index (χ3n) is 6.76. The van der Waals surface area contributed by atoms with Crippen molar-refractivity contribution < 1.29 is 18.0 Å². The zero-order valence-corrected chi connectivity index (χ0v) is 19.2. The summed E-state index contributed by atoms with van der Waals surface area (Å²) in [7, 11) is 0. The number of nitrogens with zero attached hydrogens (tertiary/aromatic N) is 2. The highest BCUT2D eigenvalue weighted by Gasteiger charge is 2.41. The van der Waals surface area contributed by atoms with Gasteiger partial charge < -0.3 is 4.90 Å². The molecule has 3 nitrogen and oxygen atoms in total. The molecular weight excluding hydrogens is 425 g/mol. The number of amides is 1.